The predicted molar refractivity (Wildman–Crippen MR) is 85.0 cm³/mol. The van der Waals surface area contributed by atoms with Gasteiger partial charge in [0.1, 0.15) is 17.5 Å². The number of hydrogen-bond donors (Lipinski definition) is 3. The first kappa shape index (κ1) is 15.3. The van der Waals surface area contributed by atoms with Gasteiger partial charge in [-0.05, 0) is 5.56 Å². The predicted octanol–water partition coefficient (Wildman–Crippen LogP) is 2.50. The van der Waals surface area contributed by atoms with Gasteiger partial charge in [0.2, 0.25) is 0 Å². The van der Waals surface area contributed by atoms with Gasteiger partial charge in [-0.25, -0.2) is 9.97 Å². The van der Waals surface area contributed by atoms with Gasteiger partial charge in [0.05, 0.1) is 6.10 Å². The van der Waals surface area contributed by atoms with Crippen molar-refractivity contribution in [2.45, 2.75) is 32.3 Å². The molecule has 0 radical (unpaired) electrons. The molecule has 1 atom stereocenters. The number of benzene rings is 1. The number of aliphatic hydroxyl groups excluding tert-OH is 1. The van der Waals surface area contributed by atoms with E-state index in [0.717, 1.165) is 5.56 Å². The van der Waals surface area contributed by atoms with E-state index in [9.17, 15) is 5.11 Å². The Morgan fingerprint density at radius 3 is 2.48 bits per heavy atom. The summed E-state index contributed by atoms with van der Waals surface area (Å²) in [4.78, 5) is 8.71. The summed E-state index contributed by atoms with van der Waals surface area (Å²) in [5.41, 5.74) is 6.51. The summed E-state index contributed by atoms with van der Waals surface area (Å²) in [6.45, 7) is 6.46. The van der Waals surface area contributed by atoms with Crippen LogP contribution in [0.1, 0.15) is 38.3 Å². The Kier molecular flexibility index (Phi) is 4.43. The Bertz CT molecular complexity index is 593. The van der Waals surface area contributed by atoms with Crippen molar-refractivity contribution in [3.8, 4) is 0 Å². The minimum Gasteiger partial charge on any atom is -0.387 e. The summed E-state index contributed by atoms with van der Waals surface area (Å²) in [7, 11) is 0. The lowest BCUT2D eigenvalue weighted by atomic mass is 9.96. The van der Waals surface area contributed by atoms with Crippen molar-refractivity contribution in [3.63, 3.8) is 0 Å². The van der Waals surface area contributed by atoms with Gasteiger partial charge in [-0.15, -0.1) is 0 Å². The van der Waals surface area contributed by atoms with E-state index in [1.807, 2.05) is 51.1 Å². The van der Waals surface area contributed by atoms with Crippen LogP contribution in [0.2, 0.25) is 0 Å². The molecule has 0 aliphatic heterocycles. The van der Waals surface area contributed by atoms with Gasteiger partial charge in [-0.1, -0.05) is 51.1 Å². The highest BCUT2D eigenvalue weighted by Crippen LogP contribution is 2.21. The number of aliphatic hydroxyl groups is 1. The molecule has 112 valence electrons. The zero-order valence-electron chi connectivity index (χ0n) is 12.7. The fourth-order valence-corrected chi connectivity index (χ4v) is 1.89. The van der Waals surface area contributed by atoms with Crippen LogP contribution < -0.4 is 11.1 Å². The molecule has 0 fully saturated rings. The van der Waals surface area contributed by atoms with Crippen molar-refractivity contribution >= 4 is 11.6 Å². The third-order valence-electron chi connectivity index (χ3n) is 3.08. The number of hydrogen-bond acceptors (Lipinski definition) is 5. The molecule has 2 aromatic rings. The van der Waals surface area contributed by atoms with Gasteiger partial charge in [0.15, 0.2) is 0 Å². The third kappa shape index (κ3) is 4.16. The van der Waals surface area contributed by atoms with Gasteiger partial charge >= 0.3 is 0 Å². The molecule has 2 rings (SSSR count). The molecule has 0 aliphatic rings. The van der Waals surface area contributed by atoms with Gasteiger partial charge in [-0.2, -0.15) is 0 Å². The molecular weight excluding hydrogens is 264 g/mol. The van der Waals surface area contributed by atoms with Gasteiger partial charge in [0, 0.05) is 18.0 Å². The topological polar surface area (TPSA) is 84.1 Å². The smallest absolute Gasteiger partial charge is 0.138 e. The standard InChI is InChI=1S/C16H22N4O/c1-16(2,3)15-19-13(17)9-14(20-15)18-10-12(21)11-7-5-4-6-8-11/h4-9,12,21H,10H2,1-3H3,(H3,17,18,19,20). The molecule has 21 heavy (non-hydrogen) atoms. The normalized spacial score (nSPS) is 13.0. The number of nitrogen functional groups attached to an aromatic ring is 1. The van der Waals surface area contributed by atoms with Gasteiger partial charge in [0.25, 0.3) is 0 Å². The van der Waals surface area contributed by atoms with Crippen molar-refractivity contribution in [3.05, 3.63) is 47.8 Å². The molecule has 1 aromatic carbocycles. The van der Waals surface area contributed by atoms with Crippen LogP contribution in [0, 0.1) is 0 Å². The number of aromatic nitrogens is 2. The van der Waals surface area contributed by atoms with E-state index in [-0.39, 0.29) is 5.41 Å². The highest BCUT2D eigenvalue weighted by molar-refractivity contribution is 5.45. The zero-order chi connectivity index (χ0) is 15.5. The lowest BCUT2D eigenvalue weighted by Crippen LogP contribution is -2.19. The maximum Gasteiger partial charge on any atom is 0.138 e. The Morgan fingerprint density at radius 2 is 1.86 bits per heavy atom. The number of nitrogens with one attached hydrogen (secondary N) is 1. The monoisotopic (exact) mass is 286 g/mol. The fraction of sp³-hybridized carbons (Fsp3) is 0.375. The Morgan fingerprint density at radius 1 is 1.19 bits per heavy atom. The molecule has 5 heteroatoms. The summed E-state index contributed by atoms with van der Waals surface area (Å²) >= 11 is 0. The van der Waals surface area contributed by atoms with E-state index in [4.69, 9.17) is 5.73 Å². The molecule has 4 N–H and O–H groups in total. The Balaban J connectivity index is 2.08. The van der Waals surface area contributed by atoms with Crippen LogP contribution in [0.15, 0.2) is 36.4 Å². The minimum absolute atomic E-state index is 0.177. The van der Waals surface area contributed by atoms with E-state index in [1.165, 1.54) is 0 Å². The average molecular weight is 286 g/mol. The van der Waals surface area contributed by atoms with Crippen LogP contribution >= 0.6 is 0 Å². The molecule has 1 unspecified atom stereocenters. The lowest BCUT2D eigenvalue weighted by Gasteiger charge is -2.19. The van der Waals surface area contributed by atoms with E-state index >= 15 is 0 Å². The van der Waals surface area contributed by atoms with E-state index < -0.39 is 6.10 Å². The highest BCUT2D eigenvalue weighted by atomic mass is 16.3. The Hall–Kier alpha value is -2.14. The summed E-state index contributed by atoms with van der Waals surface area (Å²) < 4.78 is 0. The molecule has 0 aliphatic carbocycles. The summed E-state index contributed by atoms with van der Waals surface area (Å²) in [6.07, 6.45) is -0.597. The summed E-state index contributed by atoms with van der Waals surface area (Å²) in [5.74, 6) is 1.73. The van der Waals surface area contributed by atoms with Crippen LogP contribution in [0.3, 0.4) is 0 Å². The quantitative estimate of drug-likeness (QED) is 0.804. The molecule has 0 amide bonds. The highest BCUT2D eigenvalue weighted by Gasteiger charge is 2.18. The average Bonchev–Trinajstić information content (AvgIpc) is 2.44. The zero-order valence-corrected chi connectivity index (χ0v) is 12.7. The molecule has 0 bridgehead atoms. The second-order valence-electron chi connectivity index (χ2n) is 6.06. The maximum absolute atomic E-state index is 10.1. The summed E-state index contributed by atoms with van der Waals surface area (Å²) in [5, 5.41) is 13.3. The van der Waals surface area contributed by atoms with Gasteiger partial charge in [-0.3, -0.25) is 0 Å². The molecule has 1 aromatic heterocycles. The second kappa shape index (κ2) is 6.10. The summed E-state index contributed by atoms with van der Waals surface area (Å²) in [6, 6.07) is 11.2. The third-order valence-corrected chi connectivity index (χ3v) is 3.08. The molecular formula is C16H22N4O. The van der Waals surface area contributed by atoms with Crippen LogP contribution in [-0.2, 0) is 5.41 Å². The first-order chi connectivity index (χ1) is 9.86. The van der Waals surface area contributed by atoms with Crippen LogP contribution in [-0.4, -0.2) is 21.6 Å². The van der Waals surface area contributed by atoms with Crippen molar-refractivity contribution in [1.82, 2.24) is 9.97 Å². The molecule has 0 spiro atoms. The van der Waals surface area contributed by atoms with Crippen LogP contribution in [0.25, 0.3) is 0 Å². The van der Waals surface area contributed by atoms with E-state index in [2.05, 4.69) is 15.3 Å². The first-order valence-corrected chi connectivity index (χ1v) is 6.98. The number of anilines is 2. The van der Waals surface area contributed by atoms with Crippen molar-refractivity contribution in [1.29, 1.82) is 0 Å². The second-order valence-corrected chi connectivity index (χ2v) is 6.06. The number of nitrogens with zero attached hydrogens (tertiary/aromatic N) is 2. The Labute approximate surface area is 125 Å². The van der Waals surface area contributed by atoms with Crippen LogP contribution in [0.4, 0.5) is 11.6 Å². The van der Waals surface area contributed by atoms with Crippen molar-refractivity contribution in [2.75, 3.05) is 17.6 Å². The minimum atomic E-state index is -0.597. The van der Waals surface area contributed by atoms with Crippen LogP contribution in [0.5, 0.6) is 0 Å². The molecule has 0 saturated heterocycles. The lowest BCUT2D eigenvalue weighted by molar-refractivity contribution is 0.191. The van der Waals surface area contributed by atoms with E-state index in [1.54, 1.807) is 6.07 Å². The van der Waals surface area contributed by atoms with Gasteiger partial charge < -0.3 is 16.2 Å². The number of rotatable bonds is 4. The number of nitrogens with two attached hydrogens (primary N) is 1. The first-order valence-electron chi connectivity index (χ1n) is 6.98. The van der Waals surface area contributed by atoms with E-state index in [0.29, 0.717) is 24.0 Å². The van der Waals surface area contributed by atoms with Crippen molar-refractivity contribution in [2.24, 2.45) is 0 Å². The van der Waals surface area contributed by atoms with Crippen molar-refractivity contribution < 1.29 is 5.11 Å². The molecule has 1 heterocycles. The largest absolute Gasteiger partial charge is 0.387 e. The maximum atomic E-state index is 10.1. The SMILES string of the molecule is CC(C)(C)c1nc(N)cc(NCC(O)c2ccccc2)n1. The molecule has 0 saturated carbocycles. The molecule has 5 nitrogen and oxygen atoms in total. The fourth-order valence-electron chi connectivity index (χ4n) is 1.89.